The molecule has 21 heavy (non-hydrogen) atoms. The number of hydrogen-bond donors (Lipinski definition) is 1. The van der Waals surface area contributed by atoms with Crippen molar-refractivity contribution in [1.29, 1.82) is 0 Å². The van der Waals surface area contributed by atoms with Gasteiger partial charge in [-0.1, -0.05) is 12.8 Å². The summed E-state index contributed by atoms with van der Waals surface area (Å²) in [5, 5.41) is 4.87. The van der Waals surface area contributed by atoms with E-state index in [0.717, 1.165) is 25.7 Å². The molecule has 1 saturated heterocycles. The SMILES string of the molecule is NS(=O)(=O)c1cc(C(=O)N2CCCCCC2)c(F)cc1F. The van der Waals surface area contributed by atoms with Crippen LogP contribution in [0.4, 0.5) is 8.78 Å². The first-order chi connectivity index (χ1) is 9.80. The molecule has 8 heteroatoms. The number of likely N-dealkylation sites (tertiary alicyclic amines) is 1. The minimum absolute atomic E-state index is 0.380. The summed E-state index contributed by atoms with van der Waals surface area (Å²) in [6.45, 7) is 0.945. The van der Waals surface area contributed by atoms with E-state index in [0.29, 0.717) is 25.2 Å². The maximum atomic E-state index is 13.8. The van der Waals surface area contributed by atoms with Gasteiger partial charge in [-0.05, 0) is 18.9 Å². The number of primary sulfonamides is 1. The Bertz CT molecular complexity index is 654. The Hall–Kier alpha value is -1.54. The number of hydrogen-bond acceptors (Lipinski definition) is 3. The van der Waals surface area contributed by atoms with Crippen LogP contribution in [0, 0.1) is 11.6 Å². The van der Waals surface area contributed by atoms with Crippen LogP contribution in [0.5, 0.6) is 0 Å². The second-order valence-corrected chi connectivity index (χ2v) is 6.54. The minimum atomic E-state index is -4.36. The fourth-order valence-electron chi connectivity index (χ4n) is 2.36. The Kier molecular flexibility index (Phi) is 4.58. The molecule has 0 spiro atoms. The quantitative estimate of drug-likeness (QED) is 0.900. The minimum Gasteiger partial charge on any atom is -0.339 e. The molecule has 116 valence electrons. The molecule has 0 atom stereocenters. The van der Waals surface area contributed by atoms with E-state index in [1.54, 1.807) is 0 Å². The van der Waals surface area contributed by atoms with Crippen molar-refractivity contribution in [3.63, 3.8) is 0 Å². The molecule has 1 heterocycles. The van der Waals surface area contributed by atoms with E-state index in [9.17, 15) is 22.0 Å². The highest BCUT2D eigenvalue weighted by molar-refractivity contribution is 7.89. The van der Waals surface area contributed by atoms with Gasteiger partial charge in [0.1, 0.15) is 16.5 Å². The van der Waals surface area contributed by atoms with Gasteiger partial charge in [-0.25, -0.2) is 22.3 Å². The van der Waals surface area contributed by atoms with Gasteiger partial charge in [-0.3, -0.25) is 4.79 Å². The van der Waals surface area contributed by atoms with E-state index in [4.69, 9.17) is 5.14 Å². The molecule has 0 aliphatic carbocycles. The van der Waals surface area contributed by atoms with Crippen LogP contribution < -0.4 is 5.14 Å². The number of nitrogens with two attached hydrogens (primary N) is 1. The zero-order chi connectivity index (χ0) is 15.6. The largest absolute Gasteiger partial charge is 0.339 e. The average molecular weight is 318 g/mol. The van der Waals surface area contributed by atoms with E-state index >= 15 is 0 Å². The number of carbonyl (C=O) groups excluding carboxylic acids is 1. The molecule has 1 amide bonds. The van der Waals surface area contributed by atoms with Crippen LogP contribution in [0.15, 0.2) is 17.0 Å². The summed E-state index contributed by atoms with van der Waals surface area (Å²) in [4.78, 5) is 12.9. The van der Waals surface area contributed by atoms with Crippen molar-refractivity contribution in [2.45, 2.75) is 30.6 Å². The van der Waals surface area contributed by atoms with Crippen molar-refractivity contribution >= 4 is 15.9 Å². The van der Waals surface area contributed by atoms with Gasteiger partial charge >= 0.3 is 0 Å². The maximum Gasteiger partial charge on any atom is 0.256 e. The lowest BCUT2D eigenvalue weighted by Gasteiger charge is -2.20. The van der Waals surface area contributed by atoms with E-state index in [2.05, 4.69) is 0 Å². The third-order valence-electron chi connectivity index (χ3n) is 3.45. The lowest BCUT2D eigenvalue weighted by atomic mass is 10.1. The maximum absolute atomic E-state index is 13.8. The molecule has 2 rings (SSSR count). The Balaban J connectivity index is 2.40. The third-order valence-corrected chi connectivity index (χ3v) is 4.38. The van der Waals surface area contributed by atoms with Gasteiger partial charge in [-0.15, -0.1) is 0 Å². The van der Waals surface area contributed by atoms with Gasteiger partial charge in [0.25, 0.3) is 5.91 Å². The molecule has 5 nitrogen and oxygen atoms in total. The van der Waals surface area contributed by atoms with Crippen molar-refractivity contribution < 1.29 is 22.0 Å². The van der Waals surface area contributed by atoms with Gasteiger partial charge < -0.3 is 4.90 Å². The van der Waals surface area contributed by atoms with Gasteiger partial charge in [0.2, 0.25) is 10.0 Å². The first kappa shape index (κ1) is 15.8. The van der Waals surface area contributed by atoms with E-state index in [1.807, 2.05) is 0 Å². The number of sulfonamides is 1. The molecule has 1 aliphatic rings. The van der Waals surface area contributed by atoms with Crippen LogP contribution in [0.1, 0.15) is 36.0 Å². The van der Waals surface area contributed by atoms with Gasteiger partial charge in [0.15, 0.2) is 0 Å². The second-order valence-electron chi connectivity index (χ2n) is 5.01. The summed E-state index contributed by atoms with van der Waals surface area (Å²) < 4.78 is 49.8. The normalized spacial score (nSPS) is 16.6. The van der Waals surface area contributed by atoms with Gasteiger partial charge in [-0.2, -0.15) is 0 Å². The highest BCUT2D eigenvalue weighted by Gasteiger charge is 2.25. The molecule has 0 radical (unpaired) electrons. The predicted octanol–water partition coefficient (Wildman–Crippen LogP) is 1.63. The molecular formula is C13H16F2N2O3S. The number of amides is 1. The standard InChI is InChI=1S/C13H16F2N2O3S/c14-10-8-11(15)12(21(16,19)20)7-9(10)13(18)17-5-3-1-2-4-6-17/h7-8H,1-6H2,(H2,16,19,20). The number of halogens is 2. The third kappa shape index (κ3) is 3.56. The molecule has 0 saturated carbocycles. The number of nitrogens with zero attached hydrogens (tertiary/aromatic N) is 1. The van der Waals surface area contributed by atoms with Crippen LogP contribution in [-0.4, -0.2) is 32.3 Å². The van der Waals surface area contributed by atoms with Crippen molar-refractivity contribution in [3.8, 4) is 0 Å². The Morgan fingerprint density at radius 1 is 1.05 bits per heavy atom. The molecule has 2 N–H and O–H groups in total. The lowest BCUT2D eigenvalue weighted by molar-refractivity contribution is 0.0756. The first-order valence-electron chi connectivity index (χ1n) is 6.62. The number of carbonyl (C=O) groups is 1. The molecular weight excluding hydrogens is 302 g/mol. The summed E-state index contributed by atoms with van der Waals surface area (Å²) in [6, 6.07) is 1.05. The smallest absolute Gasteiger partial charge is 0.256 e. The highest BCUT2D eigenvalue weighted by Crippen LogP contribution is 2.21. The molecule has 1 fully saturated rings. The van der Waals surface area contributed by atoms with E-state index in [-0.39, 0.29) is 0 Å². The lowest BCUT2D eigenvalue weighted by Crippen LogP contribution is -2.32. The van der Waals surface area contributed by atoms with Crippen molar-refractivity contribution in [3.05, 3.63) is 29.3 Å². The number of rotatable bonds is 2. The van der Waals surface area contributed by atoms with Crippen LogP contribution in [-0.2, 0) is 10.0 Å². The average Bonchev–Trinajstić information content (AvgIpc) is 2.65. The fourth-order valence-corrected chi connectivity index (χ4v) is 2.97. The van der Waals surface area contributed by atoms with Gasteiger partial charge in [0.05, 0.1) is 5.56 Å². The van der Waals surface area contributed by atoms with E-state index < -0.39 is 38.0 Å². The molecule has 0 unspecified atom stereocenters. The summed E-state index contributed by atoms with van der Waals surface area (Å²) in [7, 11) is -4.36. The summed E-state index contributed by atoms with van der Waals surface area (Å²) in [6.07, 6.45) is 3.57. The second kappa shape index (κ2) is 6.07. The summed E-state index contributed by atoms with van der Waals surface area (Å²) >= 11 is 0. The Morgan fingerprint density at radius 3 is 2.14 bits per heavy atom. The van der Waals surface area contributed by atoms with Crippen molar-refractivity contribution in [1.82, 2.24) is 4.90 Å². The highest BCUT2D eigenvalue weighted by atomic mass is 32.2. The predicted molar refractivity (Wildman–Crippen MR) is 72.1 cm³/mol. The van der Waals surface area contributed by atoms with E-state index in [1.165, 1.54) is 4.90 Å². The topological polar surface area (TPSA) is 80.5 Å². The molecule has 1 aromatic carbocycles. The molecule has 0 aromatic heterocycles. The van der Waals surface area contributed by atoms with Gasteiger partial charge in [0, 0.05) is 19.2 Å². The molecule has 1 aliphatic heterocycles. The molecule has 1 aromatic rings. The zero-order valence-corrected chi connectivity index (χ0v) is 12.1. The van der Waals surface area contributed by atoms with Crippen LogP contribution >= 0.6 is 0 Å². The van der Waals surface area contributed by atoms with Crippen molar-refractivity contribution in [2.24, 2.45) is 5.14 Å². The van der Waals surface area contributed by atoms with Crippen LogP contribution in [0.3, 0.4) is 0 Å². The first-order valence-corrected chi connectivity index (χ1v) is 8.16. The summed E-state index contributed by atoms with van der Waals surface area (Å²) in [5.41, 5.74) is -0.470. The Labute approximate surface area is 121 Å². The number of benzene rings is 1. The summed E-state index contributed by atoms with van der Waals surface area (Å²) in [5.74, 6) is -3.03. The molecule has 0 bridgehead atoms. The Morgan fingerprint density at radius 2 is 1.62 bits per heavy atom. The monoisotopic (exact) mass is 318 g/mol. The van der Waals surface area contributed by atoms with Crippen molar-refractivity contribution in [2.75, 3.05) is 13.1 Å². The fraction of sp³-hybridized carbons (Fsp3) is 0.462. The van der Waals surface area contributed by atoms with Crippen LogP contribution in [0.25, 0.3) is 0 Å². The van der Waals surface area contributed by atoms with Crippen LogP contribution in [0.2, 0.25) is 0 Å². The zero-order valence-electron chi connectivity index (χ0n) is 11.3.